The van der Waals surface area contributed by atoms with Gasteiger partial charge in [0.15, 0.2) is 0 Å². The topological polar surface area (TPSA) is 55.4 Å². The van der Waals surface area contributed by atoms with Crippen LogP contribution in [0.2, 0.25) is 5.02 Å². The number of carbonyl (C=O) groups is 2. The molecule has 0 bridgehead atoms. The first-order chi connectivity index (χ1) is 11.0. The van der Waals surface area contributed by atoms with Gasteiger partial charge in [-0.05, 0) is 35.9 Å². The van der Waals surface area contributed by atoms with E-state index in [4.69, 9.17) is 16.3 Å². The Kier molecular flexibility index (Phi) is 5.71. The lowest BCUT2D eigenvalue weighted by Crippen LogP contribution is -2.43. The van der Waals surface area contributed by atoms with Crippen molar-refractivity contribution in [2.24, 2.45) is 0 Å². The standard InChI is InChI=1S/C17H15ClFNO3/c1-11(21)20-16(10-12-4-2-3-5-15(12)19)17(22)23-14-8-6-13(18)7-9-14/h2-9,16H,10H2,1H3,(H,20,21). The van der Waals surface area contributed by atoms with E-state index in [2.05, 4.69) is 5.32 Å². The number of nitrogens with one attached hydrogen (secondary N) is 1. The zero-order chi connectivity index (χ0) is 16.8. The molecule has 0 aliphatic carbocycles. The maximum atomic E-state index is 13.7. The molecule has 1 amide bonds. The van der Waals surface area contributed by atoms with Crippen LogP contribution in [0.5, 0.6) is 5.75 Å². The van der Waals surface area contributed by atoms with E-state index in [0.29, 0.717) is 16.3 Å². The van der Waals surface area contributed by atoms with Crippen LogP contribution in [0.3, 0.4) is 0 Å². The van der Waals surface area contributed by atoms with Crippen LogP contribution in [0.25, 0.3) is 0 Å². The Hall–Kier alpha value is -2.40. The fourth-order valence-electron chi connectivity index (χ4n) is 2.01. The molecule has 2 rings (SSSR count). The highest BCUT2D eigenvalue weighted by atomic mass is 35.5. The van der Waals surface area contributed by atoms with E-state index in [0.717, 1.165) is 0 Å². The Morgan fingerprint density at radius 3 is 2.43 bits per heavy atom. The molecule has 2 aromatic rings. The monoisotopic (exact) mass is 335 g/mol. The predicted octanol–water partition coefficient (Wildman–Crippen LogP) is 3.13. The second kappa shape index (κ2) is 7.74. The number of carbonyl (C=O) groups excluding carboxylic acids is 2. The molecule has 0 aromatic heterocycles. The molecular weight excluding hydrogens is 321 g/mol. The highest BCUT2D eigenvalue weighted by Crippen LogP contribution is 2.17. The molecule has 0 heterocycles. The molecule has 0 fully saturated rings. The van der Waals surface area contributed by atoms with Crippen LogP contribution in [0, 0.1) is 5.82 Å². The molecule has 0 saturated heterocycles. The van der Waals surface area contributed by atoms with E-state index < -0.39 is 23.7 Å². The number of ether oxygens (including phenoxy) is 1. The van der Waals surface area contributed by atoms with E-state index >= 15 is 0 Å². The minimum absolute atomic E-state index is 0.00131. The third-order valence-electron chi connectivity index (χ3n) is 3.08. The highest BCUT2D eigenvalue weighted by Gasteiger charge is 2.23. The van der Waals surface area contributed by atoms with Gasteiger partial charge in [-0.25, -0.2) is 9.18 Å². The average molecular weight is 336 g/mol. The highest BCUT2D eigenvalue weighted by molar-refractivity contribution is 6.30. The molecule has 1 N–H and O–H groups in total. The summed E-state index contributed by atoms with van der Waals surface area (Å²) in [6.07, 6.45) is -0.00131. The Balaban J connectivity index is 2.13. The van der Waals surface area contributed by atoms with Gasteiger partial charge in [0.05, 0.1) is 0 Å². The number of hydrogen-bond donors (Lipinski definition) is 1. The summed E-state index contributed by atoms with van der Waals surface area (Å²) in [5.74, 6) is -1.23. The smallest absolute Gasteiger partial charge is 0.334 e. The quantitative estimate of drug-likeness (QED) is 0.674. The molecule has 0 spiro atoms. The van der Waals surface area contributed by atoms with Gasteiger partial charge in [-0.15, -0.1) is 0 Å². The van der Waals surface area contributed by atoms with Gasteiger partial charge in [-0.3, -0.25) is 4.79 Å². The van der Waals surface area contributed by atoms with Crippen LogP contribution < -0.4 is 10.1 Å². The predicted molar refractivity (Wildman–Crippen MR) is 84.8 cm³/mol. The van der Waals surface area contributed by atoms with Crippen molar-refractivity contribution in [1.82, 2.24) is 5.32 Å². The molecule has 1 atom stereocenters. The van der Waals surface area contributed by atoms with Crippen molar-refractivity contribution < 1.29 is 18.7 Å². The Labute approximate surface area is 138 Å². The van der Waals surface area contributed by atoms with Crippen molar-refractivity contribution in [2.75, 3.05) is 0 Å². The summed E-state index contributed by atoms with van der Waals surface area (Å²) in [4.78, 5) is 23.6. The molecule has 0 aliphatic rings. The van der Waals surface area contributed by atoms with Crippen LogP contribution in [-0.2, 0) is 16.0 Å². The van der Waals surface area contributed by atoms with Gasteiger partial charge >= 0.3 is 5.97 Å². The number of benzene rings is 2. The average Bonchev–Trinajstić information content (AvgIpc) is 2.50. The van der Waals surface area contributed by atoms with Gasteiger partial charge in [0, 0.05) is 18.4 Å². The molecular formula is C17H15ClFNO3. The zero-order valence-electron chi connectivity index (χ0n) is 12.4. The van der Waals surface area contributed by atoms with E-state index in [9.17, 15) is 14.0 Å². The second-order valence-corrected chi connectivity index (χ2v) is 5.36. The summed E-state index contributed by atoms with van der Waals surface area (Å²) in [6, 6.07) is 11.3. The van der Waals surface area contributed by atoms with Gasteiger partial charge in [0.1, 0.15) is 17.6 Å². The van der Waals surface area contributed by atoms with Crippen LogP contribution >= 0.6 is 11.6 Å². The van der Waals surface area contributed by atoms with E-state index in [-0.39, 0.29) is 6.42 Å². The Morgan fingerprint density at radius 2 is 1.83 bits per heavy atom. The first-order valence-electron chi connectivity index (χ1n) is 6.93. The van der Waals surface area contributed by atoms with Crippen molar-refractivity contribution >= 4 is 23.5 Å². The first-order valence-corrected chi connectivity index (χ1v) is 7.31. The third-order valence-corrected chi connectivity index (χ3v) is 3.33. The summed E-state index contributed by atoms with van der Waals surface area (Å²) in [5, 5.41) is 2.99. The minimum atomic E-state index is -0.986. The van der Waals surface area contributed by atoms with Crippen molar-refractivity contribution in [1.29, 1.82) is 0 Å². The largest absolute Gasteiger partial charge is 0.425 e. The fourth-order valence-corrected chi connectivity index (χ4v) is 2.14. The molecule has 0 radical (unpaired) electrons. The summed E-state index contributed by atoms with van der Waals surface area (Å²) >= 11 is 5.77. The molecule has 0 aliphatic heterocycles. The second-order valence-electron chi connectivity index (χ2n) is 4.92. The van der Waals surface area contributed by atoms with E-state index in [1.807, 2.05) is 0 Å². The van der Waals surface area contributed by atoms with Crippen molar-refractivity contribution in [3.63, 3.8) is 0 Å². The zero-order valence-corrected chi connectivity index (χ0v) is 13.1. The number of rotatable bonds is 5. The van der Waals surface area contributed by atoms with Crippen molar-refractivity contribution in [3.05, 3.63) is 64.9 Å². The Bertz CT molecular complexity index is 703. The Morgan fingerprint density at radius 1 is 1.17 bits per heavy atom. The van der Waals surface area contributed by atoms with E-state index in [1.165, 1.54) is 25.1 Å². The summed E-state index contributed by atoms with van der Waals surface area (Å²) in [7, 11) is 0. The first kappa shape index (κ1) is 17.0. The van der Waals surface area contributed by atoms with E-state index in [1.54, 1.807) is 30.3 Å². The molecule has 120 valence electrons. The number of halogens is 2. The summed E-state index contributed by atoms with van der Waals surface area (Å²) in [6.45, 7) is 1.28. The maximum Gasteiger partial charge on any atom is 0.334 e. The van der Waals surface area contributed by atoms with Crippen LogP contribution in [0.4, 0.5) is 4.39 Å². The molecule has 2 aromatic carbocycles. The van der Waals surface area contributed by atoms with Crippen LogP contribution in [0.1, 0.15) is 12.5 Å². The molecule has 0 saturated carbocycles. The number of esters is 1. The molecule has 6 heteroatoms. The third kappa shape index (κ3) is 5.07. The van der Waals surface area contributed by atoms with Crippen LogP contribution in [-0.4, -0.2) is 17.9 Å². The normalized spacial score (nSPS) is 11.6. The van der Waals surface area contributed by atoms with Crippen molar-refractivity contribution in [3.8, 4) is 5.75 Å². The molecule has 1 unspecified atom stereocenters. The number of amides is 1. The lowest BCUT2D eigenvalue weighted by molar-refractivity contribution is -0.139. The number of hydrogen-bond acceptors (Lipinski definition) is 3. The SMILES string of the molecule is CC(=O)NC(Cc1ccccc1F)C(=O)Oc1ccc(Cl)cc1. The van der Waals surface area contributed by atoms with Gasteiger partial charge < -0.3 is 10.1 Å². The molecule has 4 nitrogen and oxygen atoms in total. The fraction of sp³-hybridized carbons (Fsp3) is 0.176. The lowest BCUT2D eigenvalue weighted by atomic mass is 10.1. The minimum Gasteiger partial charge on any atom is -0.425 e. The maximum absolute atomic E-state index is 13.7. The summed E-state index contributed by atoms with van der Waals surface area (Å²) < 4.78 is 19.0. The molecule has 23 heavy (non-hydrogen) atoms. The van der Waals surface area contributed by atoms with Crippen molar-refractivity contribution in [2.45, 2.75) is 19.4 Å². The van der Waals surface area contributed by atoms with Gasteiger partial charge in [0.2, 0.25) is 5.91 Å². The summed E-state index contributed by atoms with van der Waals surface area (Å²) in [5.41, 5.74) is 0.319. The van der Waals surface area contributed by atoms with Crippen LogP contribution in [0.15, 0.2) is 48.5 Å². The van der Waals surface area contributed by atoms with Gasteiger partial charge in [-0.2, -0.15) is 0 Å². The van der Waals surface area contributed by atoms with Gasteiger partial charge in [-0.1, -0.05) is 29.8 Å². The van der Waals surface area contributed by atoms with Gasteiger partial charge in [0.25, 0.3) is 0 Å². The lowest BCUT2D eigenvalue weighted by Gasteiger charge is -2.17.